The first-order chi connectivity index (χ1) is 20.8. The fraction of sp³-hybridized carbons (Fsp3) is 0.606. The molecule has 10 heteroatoms. The number of piperidine rings is 1. The Kier molecular flexibility index (Phi) is 11.9. The molecule has 10 nitrogen and oxygen atoms in total. The van der Waals surface area contributed by atoms with E-state index >= 15 is 0 Å². The van der Waals surface area contributed by atoms with E-state index < -0.39 is 6.04 Å². The van der Waals surface area contributed by atoms with Gasteiger partial charge in [0.2, 0.25) is 11.8 Å². The van der Waals surface area contributed by atoms with Gasteiger partial charge >= 0.3 is 6.01 Å². The predicted octanol–water partition coefficient (Wildman–Crippen LogP) is 4.28. The minimum absolute atomic E-state index is 0.0218. The van der Waals surface area contributed by atoms with Crippen LogP contribution in [0.5, 0.6) is 11.9 Å². The highest BCUT2D eigenvalue weighted by Crippen LogP contribution is 2.30. The zero-order valence-corrected chi connectivity index (χ0v) is 26.1. The number of likely N-dealkylation sites (tertiary alicyclic amines) is 1. The van der Waals surface area contributed by atoms with Gasteiger partial charge in [-0.15, -0.1) is 0 Å². The maximum absolute atomic E-state index is 13.4. The number of rotatable bonds is 13. The maximum atomic E-state index is 13.4. The predicted molar refractivity (Wildman–Crippen MR) is 164 cm³/mol. The summed E-state index contributed by atoms with van der Waals surface area (Å²) in [4.78, 5) is 49.9. The van der Waals surface area contributed by atoms with Crippen LogP contribution in [-0.2, 0) is 16.1 Å². The first-order valence-electron chi connectivity index (χ1n) is 15.8. The van der Waals surface area contributed by atoms with Gasteiger partial charge in [0.1, 0.15) is 0 Å². The molecule has 2 aromatic rings. The van der Waals surface area contributed by atoms with Crippen LogP contribution >= 0.6 is 0 Å². The van der Waals surface area contributed by atoms with Crippen molar-refractivity contribution in [3.63, 3.8) is 0 Å². The van der Waals surface area contributed by atoms with Gasteiger partial charge in [-0.3, -0.25) is 14.4 Å². The second-order valence-electron chi connectivity index (χ2n) is 11.9. The largest absolute Gasteiger partial charge is 0.478 e. The summed E-state index contributed by atoms with van der Waals surface area (Å²) < 4.78 is 10.7. The van der Waals surface area contributed by atoms with Crippen LogP contribution in [0.2, 0.25) is 0 Å². The van der Waals surface area contributed by atoms with Gasteiger partial charge in [-0.2, -0.15) is 4.98 Å². The number of ether oxygens (including phenoxy) is 2. The van der Waals surface area contributed by atoms with Crippen molar-refractivity contribution < 1.29 is 23.9 Å². The Morgan fingerprint density at radius 2 is 1.88 bits per heavy atom. The molecular formula is C33H47N5O5. The summed E-state index contributed by atoms with van der Waals surface area (Å²) in [5.41, 5.74) is 2.36. The third-order valence-electron chi connectivity index (χ3n) is 8.54. The monoisotopic (exact) mass is 593 g/mol. The number of carbonyl (C=O) groups excluding carboxylic acids is 3. The molecule has 1 aromatic carbocycles. The van der Waals surface area contributed by atoms with Gasteiger partial charge in [0.05, 0.1) is 26.3 Å². The summed E-state index contributed by atoms with van der Waals surface area (Å²) in [6.45, 7) is 8.02. The van der Waals surface area contributed by atoms with E-state index in [-0.39, 0.29) is 47.9 Å². The molecular weight excluding hydrogens is 546 g/mol. The third kappa shape index (κ3) is 8.75. The second-order valence-corrected chi connectivity index (χ2v) is 11.9. The lowest BCUT2D eigenvalue weighted by atomic mass is 9.80. The molecule has 2 amide bonds. The number of nitrogens with zero attached hydrogens (tertiary/aromatic N) is 3. The summed E-state index contributed by atoms with van der Waals surface area (Å²) in [5.74, 6) is 0.577. The second kappa shape index (κ2) is 15.8. The molecule has 1 aliphatic carbocycles. The van der Waals surface area contributed by atoms with Gasteiger partial charge in [0.15, 0.2) is 5.78 Å². The Bertz CT molecular complexity index is 1250. The van der Waals surface area contributed by atoms with E-state index in [2.05, 4.69) is 20.6 Å². The van der Waals surface area contributed by atoms with Gasteiger partial charge in [-0.25, -0.2) is 4.98 Å². The molecule has 0 unspecified atom stereocenters. The number of methoxy groups -OCH3 is 1. The third-order valence-corrected chi connectivity index (χ3v) is 8.54. The van der Waals surface area contributed by atoms with Crippen molar-refractivity contribution in [3.8, 4) is 11.9 Å². The summed E-state index contributed by atoms with van der Waals surface area (Å²) >= 11 is 0. The highest BCUT2D eigenvalue weighted by Gasteiger charge is 2.32. The first-order valence-corrected chi connectivity index (χ1v) is 15.8. The minimum atomic E-state index is -0.444. The first kappa shape index (κ1) is 32.4. The Balaban J connectivity index is 1.35. The lowest BCUT2D eigenvalue weighted by molar-refractivity contribution is -0.131. The van der Waals surface area contributed by atoms with Gasteiger partial charge in [0.25, 0.3) is 5.91 Å². The number of Topliss-reactive ketones (excluding diaryl/α,β-unsaturated/α-hetero) is 1. The number of carbonyl (C=O) groups is 3. The van der Waals surface area contributed by atoms with Crippen molar-refractivity contribution in [1.29, 1.82) is 0 Å². The molecule has 2 aliphatic rings. The molecule has 234 valence electrons. The van der Waals surface area contributed by atoms with Crippen molar-refractivity contribution >= 4 is 17.6 Å². The van der Waals surface area contributed by atoms with E-state index in [4.69, 9.17) is 9.47 Å². The van der Waals surface area contributed by atoms with Gasteiger partial charge in [0, 0.05) is 48.8 Å². The van der Waals surface area contributed by atoms with Crippen LogP contribution in [-0.4, -0.2) is 71.9 Å². The van der Waals surface area contributed by atoms with E-state index in [1.165, 1.54) is 13.5 Å². The average Bonchev–Trinajstić information content (AvgIpc) is 3.04. The van der Waals surface area contributed by atoms with Gasteiger partial charge in [-0.1, -0.05) is 45.2 Å². The van der Waals surface area contributed by atoms with Crippen LogP contribution in [0.4, 0.5) is 0 Å². The smallest absolute Gasteiger partial charge is 0.319 e. The number of nitrogens with one attached hydrogen (secondary N) is 2. The van der Waals surface area contributed by atoms with Gasteiger partial charge < -0.3 is 25.0 Å². The van der Waals surface area contributed by atoms with Crippen molar-refractivity contribution in [1.82, 2.24) is 25.5 Å². The number of hydrogen-bond acceptors (Lipinski definition) is 8. The van der Waals surface area contributed by atoms with Crippen LogP contribution in [0.25, 0.3) is 0 Å². The molecule has 4 rings (SSSR count). The summed E-state index contributed by atoms with van der Waals surface area (Å²) in [7, 11) is 1.50. The van der Waals surface area contributed by atoms with Crippen molar-refractivity contribution in [3.05, 3.63) is 47.2 Å². The van der Waals surface area contributed by atoms with Gasteiger partial charge in [-0.05, 0) is 56.2 Å². The molecule has 2 N–H and O–H groups in total. The summed E-state index contributed by atoms with van der Waals surface area (Å²) in [6.07, 6.45) is 8.84. The topological polar surface area (TPSA) is 123 Å². The van der Waals surface area contributed by atoms with E-state index in [1.54, 1.807) is 6.20 Å². The van der Waals surface area contributed by atoms with Crippen LogP contribution < -0.4 is 20.1 Å². The molecule has 1 aliphatic heterocycles. The zero-order valence-electron chi connectivity index (χ0n) is 26.1. The number of benzene rings is 1. The number of ketones is 1. The number of aromatic nitrogens is 2. The highest BCUT2D eigenvalue weighted by molar-refractivity contribution is 5.98. The molecule has 1 saturated carbocycles. The number of hydrogen-bond donors (Lipinski definition) is 2. The quantitative estimate of drug-likeness (QED) is 0.353. The average molecular weight is 594 g/mol. The Morgan fingerprint density at radius 3 is 2.60 bits per heavy atom. The molecule has 43 heavy (non-hydrogen) atoms. The van der Waals surface area contributed by atoms with Crippen molar-refractivity contribution in [2.45, 2.75) is 84.2 Å². The summed E-state index contributed by atoms with van der Waals surface area (Å²) in [6, 6.07) is 7.47. The lowest BCUT2D eigenvalue weighted by Crippen LogP contribution is -2.48. The van der Waals surface area contributed by atoms with E-state index in [9.17, 15) is 14.4 Å². The maximum Gasteiger partial charge on any atom is 0.319 e. The van der Waals surface area contributed by atoms with Crippen LogP contribution in [0.15, 0.2) is 30.5 Å². The minimum Gasteiger partial charge on any atom is -0.478 e. The SMILES string of the molecule is CCOc1nc(OC)ncc1CNCC(=O)N1CCC[C@H](c2cccc(C(=O)N[C@@H](C(=O)C(C)C)C3CCCCC3)c2)C1. The Labute approximate surface area is 255 Å². The molecule has 2 heterocycles. The van der Waals surface area contributed by atoms with Crippen LogP contribution in [0, 0.1) is 11.8 Å². The van der Waals surface area contributed by atoms with E-state index in [0.717, 1.165) is 49.7 Å². The molecule has 0 bridgehead atoms. The van der Waals surface area contributed by atoms with Crippen molar-refractivity contribution in [2.24, 2.45) is 11.8 Å². The van der Waals surface area contributed by atoms with Crippen LogP contribution in [0.3, 0.4) is 0 Å². The molecule has 1 aromatic heterocycles. The standard InChI is InChI=1S/C33H47N5O5/c1-5-43-32-27(19-35-33(37-32)42-4)18-34-20-28(39)38-16-10-15-26(21-38)24-13-9-14-25(17-24)31(41)36-29(30(40)22(2)3)23-11-7-6-8-12-23/h9,13-14,17,19,22-23,26,29,34H,5-8,10-12,15-16,18,20-21H2,1-4H3,(H,36,41)/t26-,29+/m0/s1. The highest BCUT2D eigenvalue weighted by atomic mass is 16.5. The molecule has 1 saturated heterocycles. The van der Waals surface area contributed by atoms with Crippen molar-refractivity contribution in [2.75, 3.05) is 33.4 Å². The molecule has 2 fully saturated rings. The number of amides is 2. The van der Waals surface area contributed by atoms with Crippen LogP contribution in [0.1, 0.15) is 93.1 Å². The summed E-state index contributed by atoms with van der Waals surface area (Å²) in [5, 5.41) is 6.31. The van der Waals surface area contributed by atoms with E-state index in [1.807, 2.05) is 49.9 Å². The zero-order chi connectivity index (χ0) is 30.8. The molecule has 0 spiro atoms. The molecule has 2 atom stereocenters. The lowest BCUT2D eigenvalue weighted by Gasteiger charge is -2.33. The Hall–Kier alpha value is -3.53. The fourth-order valence-corrected chi connectivity index (χ4v) is 6.16. The van der Waals surface area contributed by atoms with E-state index in [0.29, 0.717) is 37.7 Å². The fourth-order valence-electron chi connectivity index (χ4n) is 6.16. The molecule has 0 radical (unpaired) electrons. The normalized spacial score (nSPS) is 18.3. The Morgan fingerprint density at radius 1 is 1.09 bits per heavy atom.